The van der Waals surface area contributed by atoms with Crippen LogP contribution in [0.1, 0.15) is 17.7 Å². The van der Waals surface area contributed by atoms with Crippen LogP contribution in [0, 0.1) is 12.8 Å². The second-order valence-electron chi connectivity index (χ2n) is 6.14. The minimum absolute atomic E-state index is 0. The smallest absolute Gasteiger partial charge is 0.252 e. The van der Waals surface area contributed by atoms with Crippen LogP contribution in [0.4, 0.5) is 0 Å². The molecule has 1 amide bonds. The van der Waals surface area contributed by atoms with E-state index in [1.54, 1.807) is 6.07 Å². The number of nitrogens with one attached hydrogen (secondary N) is 1. The van der Waals surface area contributed by atoms with Crippen molar-refractivity contribution in [3.05, 3.63) is 17.0 Å². The molecule has 1 aromatic rings. The highest BCUT2D eigenvalue weighted by Crippen LogP contribution is 2.28. The normalized spacial score (nSPS) is 22.9. The number of carbonyl (C=O) groups is 1. The summed E-state index contributed by atoms with van der Waals surface area (Å²) in [6.45, 7) is 5.77. The maximum Gasteiger partial charge on any atom is 0.252 e. The van der Waals surface area contributed by atoms with Crippen molar-refractivity contribution >= 4 is 39.7 Å². The summed E-state index contributed by atoms with van der Waals surface area (Å²) in [4.78, 5) is 15.5. The van der Waals surface area contributed by atoms with Crippen LogP contribution in [0.5, 0.6) is 0 Å². The molecule has 136 valence electrons. The van der Waals surface area contributed by atoms with Crippen LogP contribution in [0.25, 0.3) is 0 Å². The van der Waals surface area contributed by atoms with E-state index in [1.807, 2.05) is 17.9 Å². The average Bonchev–Trinajstić information content (AvgIpc) is 3.02. The van der Waals surface area contributed by atoms with Gasteiger partial charge in [0.1, 0.15) is 4.21 Å². The molecular weight excluding hydrogens is 370 g/mol. The summed E-state index contributed by atoms with van der Waals surface area (Å²) >= 11 is 1.29. The highest BCUT2D eigenvalue weighted by Gasteiger charge is 2.35. The van der Waals surface area contributed by atoms with Gasteiger partial charge >= 0.3 is 0 Å². The molecule has 2 saturated heterocycles. The quantitative estimate of drug-likeness (QED) is 0.840. The van der Waals surface area contributed by atoms with Crippen LogP contribution in [-0.4, -0.2) is 62.8 Å². The van der Waals surface area contributed by atoms with E-state index in [-0.39, 0.29) is 24.2 Å². The summed E-state index contributed by atoms with van der Waals surface area (Å²) in [5, 5.41) is 3.23. The summed E-state index contributed by atoms with van der Waals surface area (Å²) in [5.41, 5.74) is 0. The fourth-order valence-electron chi connectivity index (χ4n) is 3.18. The Morgan fingerprint density at radius 1 is 1.25 bits per heavy atom. The number of nitrogens with zero attached hydrogens (tertiary/aromatic N) is 2. The van der Waals surface area contributed by atoms with Crippen LogP contribution in [-0.2, 0) is 14.8 Å². The van der Waals surface area contributed by atoms with E-state index in [4.69, 9.17) is 0 Å². The fourth-order valence-corrected chi connectivity index (χ4v) is 6.15. The first-order valence-corrected chi connectivity index (χ1v) is 10.3. The van der Waals surface area contributed by atoms with E-state index in [0.29, 0.717) is 30.4 Å². The number of rotatable bonds is 3. The maximum absolute atomic E-state index is 12.7. The highest BCUT2D eigenvalue weighted by molar-refractivity contribution is 7.91. The molecule has 1 atom stereocenters. The Labute approximate surface area is 153 Å². The van der Waals surface area contributed by atoms with Gasteiger partial charge in [-0.1, -0.05) is 0 Å². The molecule has 2 aliphatic rings. The molecule has 0 spiro atoms. The van der Waals surface area contributed by atoms with Crippen molar-refractivity contribution in [1.82, 2.24) is 14.5 Å². The predicted octanol–water partition coefficient (Wildman–Crippen LogP) is 1.31. The Balaban J connectivity index is 0.00000208. The third-order valence-corrected chi connectivity index (χ3v) is 7.81. The Hall–Kier alpha value is -0.670. The third-order valence-electron chi connectivity index (χ3n) is 4.47. The average molecular weight is 394 g/mol. The lowest BCUT2D eigenvalue weighted by Gasteiger charge is -2.35. The zero-order valence-corrected chi connectivity index (χ0v) is 16.2. The maximum atomic E-state index is 12.7. The van der Waals surface area contributed by atoms with E-state index < -0.39 is 10.0 Å². The molecule has 0 bridgehead atoms. The first-order valence-electron chi connectivity index (χ1n) is 8.04. The summed E-state index contributed by atoms with van der Waals surface area (Å²) < 4.78 is 27.4. The van der Waals surface area contributed by atoms with Gasteiger partial charge in [-0.2, -0.15) is 4.31 Å². The van der Waals surface area contributed by atoms with E-state index in [0.717, 1.165) is 30.8 Å². The summed E-state index contributed by atoms with van der Waals surface area (Å²) in [6, 6.07) is 3.49. The van der Waals surface area contributed by atoms with Gasteiger partial charge in [0, 0.05) is 44.1 Å². The molecule has 24 heavy (non-hydrogen) atoms. The van der Waals surface area contributed by atoms with Gasteiger partial charge in [0.05, 0.1) is 5.92 Å². The van der Waals surface area contributed by atoms with E-state index >= 15 is 0 Å². The number of piperidine rings is 1. The SMILES string of the molecule is Cc1ccc(S(=O)(=O)N2CCCC(C(=O)N3CCNCC3)C2)s1.Cl. The minimum atomic E-state index is -3.47. The molecule has 1 aromatic heterocycles. The summed E-state index contributed by atoms with van der Waals surface area (Å²) in [6.07, 6.45) is 1.52. The standard InChI is InChI=1S/C15H23N3O3S2.ClH/c1-12-4-5-14(22-12)23(20,21)18-8-2-3-13(11-18)15(19)17-9-6-16-7-10-17;/h4-5,13,16H,2-3,6-11H2,1H3;1H. The van der Waals surface area contributed by atoms with Crippen LogP contribution in [0.3, 0.4) is 0 Å². The number of piperazine rings is 1. The summed E-state index contributed by atoms with van der Waals surface area (Å²) in [5.74, 6) is -0.105. The van der Waals surface area contributed by atoms with Crippen LogP contribution in [0.15, 0.2) is 16.3 Å². The highest BCUT2D eigenvalue weighted by atomic mass is 35.5. The van der Waals surface area contributed by atoms with Crippen LogP contribution < -0.4 is 5.32 Å². The number of thiophene rings is 1. The van der Waals surface area contributed by atoms with Gasteiger partial charge in [0.25, 0.3) is 10.0 Å². The van der Waals surface area contributed by atoms with Gasteiger partial charge < -0.3 is 10.2 Å². The first kappa shape index (κ1) is 19.7. The Morgan fingerprint density at radius 2 is 1.96 bits per heavy atom. The number of hydrogen-bond donors (Lipinski definition) is 1. The van der Waals surface area contributed by atoms with Crippen molar-refractivity contribution in [2.24, 2.45) is 5.92 Å². The minimum Gasteiger partial charge on any atom is -0.340 e. The third kappa shape index (κ3) is 4.11. The fraction of sp³-hybridized carbons (Fsp3) is 0.667. The molecule has 3 rings (SSSR count). The van der Waals surface area contributed by atoms with Gasteiger partial charge in [0.15, 0.2) is 0 Å². The number of sulfonamides is 1. The molecule has 9 heteroatoms. The molecule has 1 N–H and O–H groups in total. The molecule has 3 heterocycles. The van der Waals surface area contributed by atoms with Crippen LogP contribution in [0.2, 0.25) is 0 Å². The molecule has 6 nitrogen and oxygen atoms in total. The van der Waals surface area contributed by atoms with Crippen molar-refractivity contribution in [3.8, 4) is 0 Å². The first-order chi connectivity index (χ1) is 11.0. The van der Waals surface area contributed by atoms with Gasteiger partial charge in [-0.3, -0.25) is 4.79 Å². The largest absolute Gasteiger partial charge is 0.340 e. The van der Waals surface area contributed by atoms with Gasteiger partial charge in [-0.25, -0.2) is 8.42 Å². The number of hydrogen-bond acceptors (Lipinski definition) is 5. The van der Waals surface area contributed by atoms with E-state index in [2.05, 4.69) is 5.32 Å². The molecule has 0 aromatic carbocycles. The second-order valence-corrected chi connectivity index (χ2v) is 9.60. The number of aryl methyl sites for hydroxylation is 1. The lowest BCUT2D eigenvalue weighted by molar-refractivity contribution is -0.137. The Morgan fingerprint density at radius 3 is 2.58 bits per heavy atom. The number of amides is 1. The van der Waals surface area contributed by atoms with Gasteiger partial charge in [-0.15, -0.1) is 23.7 Å². The lowest BCUT2D eigenvalue weighted by atomic mass is 9.98. The monoisotopic (exact) mass is 393 g/mol. The van der Waals surface area contributed by atoms with E-state index in [9.17, 15) is 13.2 Å². The number of carbonyl (C=O) groups excluding carboxylic acids is 1. The van der Waals surface area contributed by atoms with Gasteiger partial charge in [-0.05, 0) is 31.9 Å². The summed E-state index contributed by atoms with van der Waals surface area (Å²) in [7, 11) is -3.47. The van der Waals surface area contributed by atoms with E-state index in [1.165, 1.54) is 15.6 Å². The van der Waals surface area contributed by atoms with Crippen molar-refractivity contribution in [3.63, 3.8) is 0 Å². The van der Waals surface area contributed by atoms with Gasteiger partial charge in [0.2, 0.25) is 5.91 Å². The topological polar surface area (TPSA) is 69.7 Å². The zero-order valence-electron chi connectivity index (χ0n) is 13.7. The Kier molecular flexibility index (Phi) is 6.66. The molecule has 0 radical (unpaired) electrons. The predicted molar refractivity (Wildman–Crippen MR) is 97.2 cm³/mol. The zero-order chi connectivity index (χ0) is 16.4. The second kappa shape index (κ2) is 8.14. The Bertz CT molecular complexity index is 671. The van der Waals surface area contributed by atoms with Crippen molar-refractivity contribution in [2.45, 2.75) is 24.0 Å². The molecule has 0 saturated carbocycles. The number of halogens is 1. The van der Waals surface area contributed by atoms with Crippen LogP contribution >= 0.6 is 23.7 Å². The molecule has 0 aliphatic carbocycles. The van der Waals surface area contributed by atoms with Crippen molar-refractivity contribution in [2.75, 3.05) is 39.3 Å². The molecule has 1 unspecified atom stereocenters. The van der Waals surface area contributed by atoms with Crippen molar-refractivity contribution in [1.29, 1.82) is 0 Å². The molecular formula is C15H24ClN3O3S2. The van der Waals surface area contributed by atoms with Crippen molar-refractivity contribution < 1.29 is 13.2 Å². The molecule has 2 fully saturated rings. The lowest BCUT2D eigenvalue weighted by Crippen LogP contribution is -2.51. The molecule has 2 aliphatic heterocycles.